The smallest absolute Gasteiger partial charge is 0.277 e. The Kier molecular flexibility index (Phi) is 13.8. The van der Waals surface area contributed by atoms with Crippen LogP contribution in [0.4, 0.5) is 17.1 Å². The Balaban J connectivity index is 1.12. The molecule has 16 heteroatoms. The first-order valence-electron chi connectivity index (χ1n) is 22.3. The van der Waals surface area contributed by atoms with Crippen molar-refractivity contribution in [1.29, 1.82) is 5.26 Å². The molecule has 15 nitrogen and oxygen atoms in total. The Bertz CT molecular complexity index is 2940. The summed E-state index contributed by atoms with van der Waals surface area (Å²) in [7, 11) is 0. The lowest BCUT2D eigenvalue weighted by Gasteiger charge is -2.34. The van der Waals surface area contributed by atoms with Gasteiger partial charge in [0.1, 0.15) is 29.0 Å². The SMILES string of the molecule is CC(=O)Nc1ccc(N(Cc2cccn2Cc2ccc(C(C(=O)NC3CCCCC3)N(C(=O)c3cnc[nH]3)c3ccc(C(C)(C)C)cc3)c(Br)n2)C(=O)Cn2c(C#N)nc3ccccc32)cc1. The molecule has 1 aliphatic carbocycles. The van der Waals surface area contributed by atoms with E-state index in [2.05, 4.69) is 68.4 Å². The molecule has 4 amide bonds. The van der Waals surface area contributed by atoms with Crippen molar-refractivity contribution in [2.75, 3.05) is 15.1 Å². The second-order valence-corrected chi connectivity index (χ2v) is 18.6. The van der Waals surface area contributed by atoms with E-state index in [0.29, 0.717) is 50.5 Å². The molecule has 8 rings (SSSR count). The van der Waals surface area contributed by atoms with Gasteiger partial charge in [0.15, 0.2) is 0 Å². The fourth-order valence-electron chi connectivity index (χ4n) is 8.58. The number of imidazole rings is 2. The Hall–Kier alpha value is -7.38. The lowest BCUT2D eigenvalue weighted by atomic mass is 9.87. The molecule has 1 aliphatic rings. The molecule has 0 bridgehead atoms. The number of rotatable bonds is 14. The van der Waals surface area contributed by atoms with Crippen molar-refractivity contribution in [3.8, 4) is 6.07 Å². The zero-order valence-electron chi connectivity index (χ0n) is 37.9. The first kappa shape index (κ1) is 46.2. The van der Waals surface area contributed by atoms with Gasteiger partial charge in [-0.05, 0) is 106 Å². The van der Waals surface area contributed by atoms with Crippen molar-refractivity contribution in [2.45, 2.75) is 96.9 Å². The molecule has 342 valence electrons. The first-order valence-corrected chi connectivity index (χ1v) is 23.1. The summed E-state index contributed by atoms with van der Waals surface area (Å²) in [6, 6.07) is 30.6. The average Bonchev–Trinajstić information content (AvgIpc) is 4.09. The monoisotopic (exact) mass is 961 g/mol. The predicted molar refractivity (Wildman–Crippen MR) is 260 cm³/mol. The maximum absolute atomic E-state index is 14.8. The summed E-state index contributed by atoms with van der Waals surface area (Å²) in [4.78, 5) is 75.2. The highest BCUT2D eigenvalue weighted by molar-refractivity contribution is 9.10. The summed E-state index contributed by atoms with van der Waals surface area (Å²) in [6.07, 6.45) is 9.68. The summed E-state index contributed by atoms with van der Waals surface area (Å²) in [5.41, 5.74) is 6.10. The molecule has 0 spiro atoms. The molecule has 0 aliphatic heterocycles. The quantitative estimate of drug-likeness (QED) is 0.0902. The topological polar surface area (TPSA) is 187 Å². The number of amides is 4. The minimum absolute atomic E-state index is 0.0245. The van der Waals surface area contributed by atoms with Crippen LogP contribution < -0.4 is 20.4 Å². The minimum atomic E-state index is -1.11. The van der Waals surface area contributed by atoms with Crippen molar-refractivity contribution < 1.29 is 19.2 Å². The Labute approximate surface area is 397 Å². The van der Waals surface area contributed by atoms with Crippen LogP contribution in [0, 0.1) is 11.3 Å². The third-order valence-corrected chi connectivity index (χ3v) is 12.7. The summed E-state index contributed by atoms with van der Waals surface area (Å²) in [6.45, 7) is 8.11. The Morgan fingerprint density at radius 1 is 0.910 bits per heavy atom. The summed E-state index contributed by atoms with van der Waals surface area (Å²) in [5, 5.41) is 16.0. The highest BCUT2D eigenvalue weighted by Gasteiger charge is 2.37. The van der Waals surface area contributed by atoms with Gasteiger partial charge < -0.3 is 29.7 Å². The van der Waals surface area contributed by atoms with Gasteiger partial charge in [0.25, 0.3) is 5.91 Å². The van der Waals surface area contributed by atoms with E-state index in [1.807, 2.05) is 77.5 Å². The molecular formula is C51H52BrN11O4. The van der Waals surface area contributed by atoms with Crippen molar-refractivity contribution in [3.63, 3.8) is 0 Å². The maximum Gasteiger partial charge on any atom is 0.277 e. The van der Waals surface area contributed by atoms with Crippen LogP contribution in [0.1, 0.15) is 105 Å². The Morgan fingerprint density at radius 2 is 1.64 bits per heavy atom. The normalized spacial score (nSPS) is 13.4. The molecule has 3 aromatic carbocycles. The molecule has 1 fully saturated rings. The van der Waals surface area contributed by atoms with Gasteiger partial charge in [0, 0.05) is 47.5 Å². The molecular weight excluding hydrogens is 911 g/mol. The molecule has 1 atom stereocenters. The van der Waals surface area contributed by atoms with E-state index in [-0.39, 0.29) is 53.8 Å². The fourth-order valence-corrected chi connectivity index (χ4v) is 9.16. The van der Waals surface area contributed by atoms with Crippen LogP contribution in [-0.2, 0) is 39.4 Å². The maximum atomic E-state index is 14.8. The number of carbonyl (C=O) groups excluding carboxylic acids is 4. The Morgan fingerprint density at radius 3 is 2.31 bits per heavy atom. The van der Waals surface area contributed by atoms with Crippen LogP contribution in [0.2, 0.25) is 0 Å². The molecule has 3 N–H and O–H groups in total. The predicted octanol–water partition coefficient (Wildman–Crippen LogP) is 8.96. The first-order chi connectivity index (χ1) is 32.3. The van der Waals surface area contributed by atoms with Gasteiger partial charge in [-0.25, -0.2) is 15.0 Å². The molecule has 67 heavy (non-hydrogen) atoms. The number of carbonyl (C=O) groups is 4. The lowest BCUT2D eigenvalue weighted by Crippen LogP contribution is -2.47. The van der Waals surface area contributed by atoms with E-state index < -0.39 is 11.9 Å². The van der Waals surface area contributed by atoms with E-state index in [4.69, 9.17) is 4.98 Å². The summed E-state index contributed by atoms with van der Waals surface area (Å²) >= 11 is 3.74. The summed E-state index contributed by atoms with van der Waals surface area (Å²) in [5.74, 6) is -1.12. The van der Waals surface area contributed by atoms with Crippen molar-refractivity contribution in [2.24, 2.45) is 0 Å². The zero-order valence-corrected chi connectivity index (χ0v) is 39.5. The van der Waals surface area contributed by atoms with Crippen molar-refractivity contribution in [1.82, 2.24) is 34.4 Å². The van der Waals surface area contributed by atoms with Crippen LogP contribution in [0.25, 0.3) is 11.0 Å². The number of benzene rings is 3. The van der Waals surface area contributed by atoms with Gasteiger partial charge in [-0.2, -0.15) is 5.26 Å². The highest BCUT2D eigenvalue weighted by atomic mass is 79.9. The number of aromatic nitrogens is 6. The number of anilines is 3. The molecule has 0 saturated heterocycles. The molecule has 4 aromatic heterocycles. The molecule has 0 radical (unpaired) electrons. The number of aromatic amines is 1. The van der Waals surface area contributed by atoms with Crippen molar-refractivity contribution >= 4 is 67.7 Å². The standard InChI is InChI=1S/C51H52BrN11O4/c1-33(64)56-36-18-23-38(24-19-36)61(46(65)31-62-44-15-9-8-14-42(44)59-45(62)27-53)30-40-13-10-26-60(40)29-37-20-25-41(48(52)57-37)47(49(66)58-35-11-6-5-7-12-35)63(50(67)43-28-54-32-55-43)39-21-16-34(17-22-39)51(2,3)4/h8-10,13-26,28,32,35,47H,5-7,11-12,29-31H2,1-4H3,(H,54,55)(H,56,64)(H,58,66). The van der Waals surface area contributed by atoms with E-state index in [9.17, 15) is 24.4 Å². The second-order valence-electron chi connectivity index (χ2n) is 17.8. The second kappa shape index (κ2) is 20.0. The number of nitriles is 1. The molecule has 1 saturated carbocycles. The molecule has 4 heterocycles. The van der Waals surface area contributed by atoms with E-state index >= 15 is 0 Å². The zero-order chi connectivity index (χ0) is 47.2. The van der Waals surface area contributed by atoms with Crippen molar-refractivity contribution in [3.05, 3.63) is 154 Å². The number of fused-ring (bicyclic) bond motifs is 1. The van der Waals surface area contributed by atoms with Crippen LogP contribution in [-0.4, -0.2) is 58.7 Å². The number of hydrogen-bond acceptors (Lipinski definition) is 8. The van der Waals surface area contributed by atoms with Crippen LogP contribution >= 0.6 is 15.9 Å². The van der Waals surface area contributed by atoms with Gasteiger partial charge in [0.2, 0.25) is 23.5 Å². The fraction of sp³-hybridized carbons (Fsp3) is 0.294. The third kappa shape index (κ3) is 10.5. The van der Waals surface area contributed by atoms with Gasteiger partial charge in [-0.1, -0.05) is 70.4 Å². The minimum Gasteiger partial charge on any atom is -0.351 e. The van der Waals surface area contributed by atoms with E-state index in [1.165, 1.54) is 24.3 Å². The largest absolute Gasteiger partial charge is 0.351 e. The van der Waals surface area contributed by atoms with Crippen LogP contribution in [0.5, 0.6) is 0 Å². The van der Waals surface area contributed by atoms with E-state index in [1.54, 1.807) is 39.8 Å². The number of para-hydroxylation sites is 2. The number of H-pyrrole nitrogens is 1. The summed E-state index contributed by atoms with van der Waals surface area (Å²) < 4.78 is 4.01. The number of nitrogens with one attached hydrogen (secondary N) is 3. The molecule has 1 unspecified atom stereocenters. The van der Waals surface area contributed by atoms with Crippen LogP contribution in [0.15, 0.2) is 120 Å². The number of pyridine rings is 1. The van der Waals surface area contributed by atoms with Gasteiger partial charge in [0.05, 0.1) is 42.3 Å². The van der Waals surface area contributed by atoms with Crippen LogP contribution in [0.3, 0.4) is 0 Å². The number of halogens is 1. The van der Waals surface area contributed by atoms with Gasteiger partial charge >= 0.3 is 0 Å². The third-order valence-electron chi connectivity index (χ3n) is 12.1. The lowest BCUT2D eigenvalue weighted by molar-refractivity contribution is -0.123. The molecule has 7 aromatic rings. The van der Waals surface area contributed by atoms with Gasteiger partial charge in [-0.3, -0.25) is 24.1 Å². The average molecular weight is 963 g/mol. The number of nitrogens with zero attached hydrogens (tertiary/aromatic N) is 8. The van der Waals surface area contributed by atoms with E-state index in [0.717, 1.165) is 43.4 Å². The van der Waals surface area contributed by atoms with Gasteiger partial charge in [-0.15, -0.1) is 0 Å². The number of hydrogen-bond donors (Lipinski definition) is 3. The highest BCUT2D eigenvalue weighted by Crippen LogP contribution is 2.35.